The normalized spacial score (nSPS) is 16.1. The summed E-state index contributed by atoms with van der Waals surface area (Å²) in [6.07, 6.45) is 7.25. The van der Waals surface area contributed by atoms with Gasteiger partial charge in [0.25, 0.3) is 5.91 Å². The molecule has 0 radical (unpaired) electrons. The molecule has 0 spiro atoms. The number of aliphatic imine (C=N–C) groups is 1. The Labute approximate surface area is 202 Å². The number of aromatic nitrogens is 3. The van der Waals surface area contributed by atoms with E-state index in [1.807, 2.05) is 80.6 Å². The first kappa shape index (κ1) is 21.9. The second-order valence-corrected chi connectivity index (χ2v) is 8.95. The minimum Gasteiger partial charge on any atom is -0.303 e. The third-order valence-corrected chi connectivity index (χ3v) is 6.57. The molecule has 0 N–H and O–H groups in total. The highest BCUT2D eigenvalue weighted by Gasteiger charge is 2.34. The van der Waals surface area contributed by atoms with Gasteiger partial charge in [0.15, 0.2) is 5.17 Å². The molecule has 4 aromatic rings. The molecule has 0 atom stereocenters. The molecule has 1 fully saturated rings. The fourth-order valence-electron chi connectivity index (χ4n) is 3.93. The minimum atomic E-state index is -0.0637. The van der Waals surface area contributed by atoms with E-state index in [1.54, 1.807) is 23.5 Å². The summed E-state index contributed by atoms with van der Waals surface area (Å²) in [6.45, 7) is 4.50. The second-order valence-electron chi connectivity index (χ2n) is 7.94. The fraction of sp³-hybridized carbons (Fsp3) is 0.111. The number of hydrogen-bond donors (Lipinski definition) is 0. The Morgan fingerprint density at radius 1 is 1.00 bits per heavy atom. The van der Waals surface area contributed by atoms with Gasteiger partial charge in [-0.05, 0) is 79.2 Å². The van der Waals surface area contributed by atoms with Crippen LogP contribution in [0.15, 0.2) is 95.2 Å². The van der Waals surface area contributed by atoms with Crippen LogP contribution in [0, 0.1) is 13.8 Å². The van der Waals surface area contributed by atoms with Gasteiger partial charge in [-0.15, -0.1) is 0 Å². The van der Waals surface area contributed by atoms with Crippen LogP contribution in [0.3, 0.4) is 0 Å². The van der Waals surface area contributed by atoms with Crippen molar-refractivity contribution in [2.45, 2.75) is 20.4 Å². The molecule has 0 aliphatic carbocycles. The number of para-hydroxylation sites is 1. The Morgan fingerprint density at radius 3 is 2.56 bits per heavy atom. The van der Waals surface area contributed by atoms with Gasteiger partial charge in [-0.25, -0.2) is 9.98 Å². The minimum absolute atomic E-state index is 0.0637. The van der Waals surface area contributed by atoms with E-state index < -0.39 is 0 Å². The lowest BCUT2D eigenvalue weighted by atomic mass is 10.2. The first-order chi connectivity index (χ1) is 16.6. The van der Waals surface area contributed by atoms with E-state index in [2.05, 4.69) is 20.6 Å². The van der Waals surface area contributed by atoms with Crippen LogP contribution in [0.1, 0.15) is 22.5 Å². The summed E-state index contributed by atoms with van der Waals surface area (Å²) in [5.74, 6) is 0.795. The lowest BCUT2D eigenvalue weighted by Crippen LogP contribution is -2.28. The first-order valence-electron chi connectivity index (χ1n) is 10.9. The molecule has 0 unspecified atom stereocenters. The van der Waals surface area contributed by atoms with Crippen LogP contribution in [0.4, 0.5) is 5.69 Å². The molecule has 7 heteroatoms. The molecule has 1 aromatic carbocycles. The van der Waals surface area contributed by atoms with Crippen molar-refractivity contribution in [2.75, 3.05) is 0 Å². The maximum absolute atomic E-state index is 13.5. The van der Waals surface area contributed by atoms with Crippen LogP contribution >= 0.6 is 11.8 Å². The maximum atomic E-state index is 13.5. The standard InChI is InChI=1S/C27H23N5OS/c1-19-15-22(20(2)32(19)25-12-6-7-14-29-25)16-24-26(33)31(18-21-9-8-13-28-17-21)27(34-24)30-23-10-4-3-5-11-23/h3-17H,18H2,1-2H3/b24-16-,30-27?. The van der Waals surface area contributed by atoms with Crippen LogP contribution in [0.25, 0.3) is 11.9 Å². The summed E-state index contributed by atoms with van der Waals surface area (Å²) < 4.78 is 2.10. The summed E-state index contributed by atoms with van der Waals surface area (Å²) >= 11 is 1.40. The summed E-state index contributed by atoms with van der Waals surface area (Å²) in [4.78, 5) is 29.3. The van der Waals surface area contributed by atoms with Gasteiger partial charge in [-0.1, -0.05) is 30.3 Å². The predicted molar refractivity (Wildman–Crippen MR) is 137 cm³/mol. The molecule has 0 saturated carbocycles. The van der Waals surface area contributed by atoms with E-state index in [0.29, 0.717) is 16.6 Å². The molecular formula is C27H23N5OS. The number of benzene rings is 1. The molecular weight excluding hydrogens is 442 g/mol. The number of thioether (sulfide) groups is 1. The Kier molecular flexibility index (Phi) is 6.10. The van der Waals surface area contributed by atoms with Gasteiger partial charge >= 0.3 is 0 Å². The Bertz CT molecular complexity index is 1380. The van der Waals surface area contributed by atoms with Crippen molar-refractivity contribution < 1.29 is 4.79 Å². The number of aryl methyl sites for hydroxylation is 1. The van der Waals surface area contributed by atoms with Crippen molar-refractivity contribution in [3.63, 3.8) is 0 Å². The molecule has 168 valence electrons. The lowest BCUT2D eigenvalue weighted by molar-refractivity contribution is -0.122. The predicted octanol–water partition coefficient (Wildman–Crippen LogP) is 5.69. The Morgan fingerprint density at radius 2 is 1.82 bits per heavy atom. The summed E-state index contributed by atoms with van der Waals surface area (Å²) in [5.41, 5.74) is 4.84. The first-order valence-corrected chi connectivity index (χ1v) is 11.8. The highest BCUT2D eigenvalue weighted by atomic mass is 32.2. The van der Waals surface area contributed by atoms with Gasteiger partial charge in [0.2, 0.25) is 0 Å². The van der Waals surface area contributed by atoms with E-state index in [-0.39, 0.29) is 5.91 Å². The number of rotatable bonds is 5. The molecule has 0 bridgehead atoms. The summed E-state index contributed by atoms with van der Waals surface area (Å²) in [5, 5.41) is 0.657. The molecule has 1 aliphatic heterocycles. The van der Waals surface area contributed by atoms with Crippen molar-refractivity contribution >= 4 is 34.6 Å². The molecule has 1 amide bonds. The van der Waals surface area contributed by atoms with Crippen LogP contribution in [0.2, 0.25) is 0 Å². The zero-order valence-electron chi connectivity index (χ0n) is 18.9. The zero-order valence-corrected chi connectivity index (χ0v) is 19.7. The van der Waals surface area contributed by atoms with E-state index in [4.69, 9.17) is 4.99 Å². The molecule has 34 heavy (non-hydrogen) atoms. The number of hydrogen-bond acceptors (Lipinski definition) is 5. The van der Waals surface area contributed by atoms with Crippen molar-refractivity contribution in [3.05, 3.63) is 113 Å². The highest BCUT2D eigenvalue weighted by Crippen LogP contribution is 2.36. The zero-order chi connectivity index (χ0) is 23.5. The van der Waals surface area contributed by atoms with E-state index in [1.165, 1.54) is 11.8 Å². The van der Waals surface area contributed by atoms with Crippen LogP contribution in [-0.4, -0.2) is 30.5 Å². The average Bonchev–Trinajstić information content (AvgIpc) is 3.30. The van der Waals surface area contributed by atoms with Crippen molar-refractivity contribution in [2.24, 2.45) is 4.99 Å². The van der Waals surface area contributed by atoms with Gasteiger partial charge in [0.1, 0.15) is 5.82 Å². The summed E-state index contributed by atoms with van der Waals surface area (Å²) in [7, 11) is 0. The van der Waals surface area contributed by atoms with Crippen LogP contribution < -0.4 is 0 Å². The SMILES string of the molecule is Cc1cc(/C=C2\SC(=Nc3ccccc3)N(Cc3cccnc3)C2=O)c(C)n1-c1ccccn1. The smallest absolute Gasteiger partial charge is 0.267 e. The topological polar surface area (TPSA) is 63.4 Å². The largest absolute Gasteiger partial charge is 0.303 e. The monoisotopic (exact) mass is 465 g/mol. The Hall–Kier alpha value is -3.97. The van der Waals surface area contributed by atoms with Gasteiger partial charge in [-0.2, -0.15) is 0 Å². The quantitative estimate of drug-likeness (QED) is 0.355. The number of carbonyl (C=O) groups is 1. The molecule has 6 nitrogen and oxygen atoms in total. The molecule has 1 saturated heterocycles. The fourth-order valence-corrected chi connectivity index (χ4v) is 4.92. The second kappa shape index (κ2) is 9.49. The van der Waals surface area contributed by atoms with E-state index in [0.717, 1.165) is 34.0 Å². The number of carbonyl (C=O) groups excluding carboxylic acids is 1. The molecule has 5 rings (SSSR count). The lowest BCUT2D eigenvalue weighted by Gasteiger charge is -2.15. The maximum Gasteiger partial charge on any atom is 0.267 e. The van der Waals surface area contributed by atoms with Gasteiger partial charge < -0.3 is 4.57 Å². The highest BCUT2D eigenvalue weighted by molar-refractivity contribution is 8.18. The van der Waals surface area contributed by atoms with Crippen molar-refractivity contribution in [1.82, 2.24) is 19.4 Å². The van der Waals surface area contributed by atoms with Crippen molar-refractivity contribution in [1.29, 1.82) is 0 Å². The number of pyridine rings is 2. The van der Waals surface area contributed by atoms with Crippen LogP contribution in [-0.2, 0) is 11.3 Å². The third kappa shape index (κ3) is 4.43. The average molecular weight is 466 g/mol. The summed E-state index contributed by atoms with van der Waals surface area (Å²) in [6, 6.07) is 21.5. The molecule has 1 aliphatic rings. The van der Waals surface area contributed by atoms with Gasteiger partial charge in [0.05, 0.1) is 17.1 Å². The molecule has 3 aromatic heterocycles. The van der Waals surface area contributed by atoms with Crippen LogP contribution in [0.5, 0.6) is 0 Å². The Balaban J connectivity index is 1.52. The van der Waals surface area contributed by atoms with E-state index >= 15 is 0 Å². The van der Waals surface area contributed by atoms with Gasteiger partial charge in [-0.3, -0.25) is 14.7 Å². The van der Waals surface area contributed by atoms with E-state index in [9.17, 15) is 4.79 Å². The van der Waals surface area contributed by atoms with Gasteiger partial charge in [0, 0.05) is 30.0 Å². The molecule has 4 heterocycles. The van der Waals surface area contributed by atoms with Crippen molar-refractivity contribution in [3.8, 4) is 5.82 Å². The number of amidine groups is 1. The number of amides is 1. The third-order valence-electron chi connectivity index (χ3n) is 5.57. The number of nitrogens with zero attached hydrogens (tertiary/aromatic N) is 5.